The second-order valence-electron chi connectivity index (χ2n) is 4.93. The van der Waals surface area contributed by atoms with Crippen LogP contribution in [0.1, 0.15) is 25.8 Å². The van der Waals surface area contributed by atoms with E-state index in [9.17, 15) is 4.79 Å². The largest absolute Gasteiger partial charge is 0.480 e. The first-order chi connectivity index (χ1) is 8.40. The van der Waals surface area contributed by atoms with E-state index >= 15 is 0 Å². The Hall–Kier alpha value is -1.22. The van der Waals surface area contributed by atoms with Crippen molar-refractivity contribution in [2.24, 2.45) is 5.92 Å². The van der Waals surface area contributed by atoms with Gasteiger partial charge in [0.05, 0.1) is 0 Å². The summed E-state index contributed by atoms with van der Waals surface area (Å²) in [7, 11) is 0. The van der Waals surface area contributed by atoms with E-state index in [2.05, 4.69) is 13.8 Å². The van der Waals surface area contributed by atoms with Gasteiger partial charge in [0.15, 0.2) is 0 Å². The van der Waals surface area contributed by atoms with E-state index in [0.29, 0.717) is 10.9 Å². The molecule has 1 rings (SSSR count). The molecule has 0 radical (unpaired) electrons. The molecule has 0 fully saturated rings. The Morgan fingerprint density at radius 2 is 2.11 bits per heavy atom. The molecule has 0 saturated heterocycles. The summed E-state index contributed by atoms with van der Waals surface area (Å²) in [5, 5.41) is 9.63. The molecule has 0 aliphatic rings. The number of halogens is 1. The molecule has 0 amide bonds. The number of nitrogens with zero attached hydrogens (tertiary/aromatic N) is 1. The first-order valence-electron chi connectivity index (χ1n) is 6.13. The van der Waals surface area contributed by atoms with Crippen LogP contribution in [0.5, 0.6) is 0 Å². The lowest BCUT2D eigenvalue weighted by molar-refractivity contribution is -0.135. The van der Waals surface area contributed by atoms with Crippen molar-refractivity contribution in [3.05, 3.63) is 28.8 Å². The summed E-state index contributed by atoms with van der Waals surface area (Å²) >= 11 is 5.99. The minimum atomic E-state index is -0.821. The van der Waals surface area contributed by atoms with E-state index in [0.717, 1.165) is 24.2 Å². The quantitative estimate of drug-likeness (QED) is 0.858. The Bertz CT molecular complexity index is 418. The van der Waals surface area contributed by atoms with Gasteiger partial charge in [0.2, 0.25) is 0 Å². The van der Waals surface area contributed by atoms with Crippen LogP contribution in [-0.4, -0.2) is 24.2 Å². The number of carboxylic acids is 1. The van der Waals surface area contributed by atoms with E-state index in [1.807, 2.05) is 30.0 Å². The normalized spacial score (nSPS) is 10.7. The van der Waals surface area contributed by atoms with Crippen LogP contribution in [0.25, 0.3) is 0 Å². The van der Waals surface area contributed by atoms with E-state index in [1.54, 1.807) is 0 Å². The Morgan fingerprint density at radius 3 is 2.67 bits per heavy atom. The molecule has 3 nitrogen and oxygen atoms in total. The molecule has 0 aliphatic carbocycles. The van der Waals surface area contributed by atoms with E-state index in [-0.39, 0.29) is 6.54 Å². The Morgan fingerprint density at radius 1 is 1.44 bits per heavy atom. The average molecular weight is 270 g/mol. The molecule has 0 heterocycles. The summed E-state index contributed by atoms with van der Waals surface area (Å²) in [6, 6.07) is 5.57. The predicted molar refractivity (Wildman–Crippen MR) is 75.5 cm³/mol. The Balaban J connectivity index is 2.93. The molecule has 0 aromatic heterocycles. The van der Waals surface area contributed by atoms with Gasteiger partial charge in [-0.05, 0) is 37.0 Å². The highest BCUT2D eigenvalue weighted by Gasteiger charge is 2.13. The Kier molecular flexibility index (Phi) is 5.48. The minimum absolute atomic E-state index is 0.00784. The molecule has 0 atom stereocenters. The van der Waals surface area contributed by atoms with Gasteiger partial charge in [0, 0.05) is 17.3 Å². The van der Waals surface area contributed by atoms with Crippen LogP contribution >= 0.6 is 11.6 Å². The van der Waals surface area contributed by atoms with Crippen LogP contribution < -0.4 is 4.90 Å². The number of hydrogen-bond acceptors (Lipinski definition) is 2. The first-order valence-corrected chi connectivity index (χ1v) is 6.51. The highest BCUT2D eigenvalue weighted by atomic mass is 35.5. The Labute approximate surface area is 113 Å². The SMILES string of the molecule is Cc1ccc(Cl)cc1N(CCC(C)C)CC(=O)O. The number of hydrogen-bond donors (Lipinski definition) is 1. The molecule has 18 heavy (non-hydrogen) atoms. The second kappa shape index (κ2) is 6.64. The number of carboxylic acid groups (broad SMARTS) is 1. The number of rotatable bonds is 6. The van der Waals surface area contributed by atoms with Gasteiger partial charge in [-0.3, -0.25) is 4.79 Å². The zero-order valence-electron chi connectivity index (χ0n) is 11.1. The van der Waals surface area contributed by atoms with Gasteiger partial charge in [-0.25, -0.2) is 0 Å². The van der Waals surface area contributed by atoms with Gasteiger partial charge < -0.3 is 10.0 Å². The zero-order chi connectivity index (χ0) is 13.7. The third-order valence-corrected chi connectivity index (χ3v) is 3.05. The lowest BCUT2D eigenvalue weighted by atomic mass is 10.1. The number of benzene rings is 1. The van der Waals surface area contributed by atoms with Gasteiger partial charge in [-0.1, -0.05) is 31.5 Å². The van der Waals surface area contributed by atoms with Gasteiger partial charge in [-0.2, -0.15) is 0 Å². The molecule has 1 aromatic carbocycles. The summed E-state index contributed by atoms with van der Waals surface area (Å²) in [6.45, 7) is 6.96. The van der Waals surface area contributed by atoms with Crippen molar-refractivity contribution in [2.45, 2.75) is 27.2 Å². The highest BCUT2D eigenvalue weighted by molar-refractivity contribution is 6.30. The maximum Gasteiger partial charge on any atom is 0.323 e. The lowest BCUT2D eigenvalue weighted by Gasteiger charge is -2.25. The van der Waals surface area contributed by atoms with Crippen molar-refractivity contribution in [1.82, 2.24) is 0 Å². The number of anilines is 1. The van der Waals surface area contributed by atoms with Gasteiger partial charge in [0.1, 0.15) is 6.54 Å². The topological polar surface area (TPSA) is 40.5 Å². The van der Waals surface area contributed by atoms with Gasteiger partial charge in [0.25, 0.3) is 0 Å². The molecular weight excluding hydrogens is 250 g/mol. The van der Waals surface area contributed by atoms with Crippen molar-refractivity contribution in [2.75, 3.05) is 18.0 Å². The molecule has 0 bridgehead atoms. The molecule has 1 aromatic rings. The molecule has 0 saturated carbocycles. The molecule has 0 unspecified atom stereocenters. The van der Waals surface area contributed by atoms with E-state index in [1.165, 1.54) is 0 Å². The van der Waals surface area contributed by atoms with Crippen LogP contribution in [0.3, 0.4) is 0 Å². The van der Waals surface area contributed by atoms with Crippen molar-refractivity contribution >= 4 is 23.3 Å². The third kappa shape index (κ3) is 4.57. The van der Waals surface area contributed by atoms with Crippen molar-refractivity contribution in [1.29, 1.82) is 0 Å². The summed E-state index contributed by atoms with van der Waals surface area (Å²) < 4.78 is 0. The average Bonchev–Trinajstić information content (AvgIpc) is 2.27. The van der Waals surface area contributed by atoms with Crippen molar-refractivity contribution < 1.29 is 9.90 Å². The van der Waals surface area contributed by atoms with Crippen LogP contribution in [-0.2, 0) is 4.79 Å². The zero-order valence-corrected chi connectivity index (χ0v) is 11.9. The fraction of sp³-hybridized carbons (Fsp3) is 0.500. The van der Waals surface area contributed by atoms with Crippen molar-refractivity contribution in [3.63, 3.8) is 0 Å². The summed E-state index contributed by atoms with van der Waals surface area (Å²) in [6.07, 6.45) is 0.958. The second-order valence-corrected chi connectivity index (χ2v) is 5.37. The van der Waals surface area contributed by atoms with Crippen molar-refractivity contribution in [3.8, 4) is 0 Å². The molecule has 4 heteroatoms. The third-order valence-electron chi connectivity index (χ3n) is 2.81. The lowest BCUT2D eigenvalue weighted by Crippen LogP contribution is -2.31. The summed E-state index contributed by atoms with van der Waals surface area (Å²) in [5.41, 5.74) is 1.95. The number of aryl methyl sites for hydroxylation is 1. The predicted octanol–water partition coefficient (Wildman–Crippen LogP) is 3.59. The van der Waals surface area contributed by atoms with E-state index in [4.69, 9.17) is 16.7 Å². The number of aliphatic carboxylic acids is 1. The molecular formula is C14H20ClNO2. The van der Waals surface area contributed by atoms with Crippen LogP contribution in [0, 0.1) is 12.8 Å². The van der Waals surface area contributed by atoms with Crippen LogP contribution in [0.2, 0.25) is 5.02 Å². The molecule has 0 aliphatic heterocycles. The highest BCUT2D eigenvalue weighted by Crippen LogP contribution is 2.24. The fourth-order valence-electron chi connectivity index (χ4n) is 1.79. The van der Waals surface area contributed by atoms with Crippen LogP contribution in [0.4, 0.5) is 5.69 Å². The van der Waals surface area contributed by atoms with Crippen LogP contribution in [0.15, 0.2) is 18.2 Å². The first kappa shape index (κ1) is 14.8. The maximum absolute atomic E-state index is 10.9. The van der Waals surface area contributed by atoms with Gasteiger partial charge in [-0.15, -0.1) is 0 Å². The fourth-order valence-corrected chi connectivity index (χ4v) is 1.95. The maximum atomic E-state index is 10.9. The molecule has 0 spiro atoms. The number of carbonyl (C=O) groups is 1. The summed E-state index contributed by atoms with van der Waals surface area (Å²) in [5.74, 6) is -0.279. The van der Waals surface area contributed by atoms with Gasteiger partial charge >= 0.3 is 5.97 Å². The molecule has 1 N–H and O–H groups in total. The minimum Gasteiger partial charge on any atom is -0.480 e. The van der Waals surface area contributed by atoms with E-state index < -0.39 is 5.97 Å². The summed E-state index contributed by atoms with van der Waals surface area (Å²) in [4.78, 5) is 12.8. The standard InChI is InChI=1S/C14H20ClNO2/c1-10(2)6-7-16(9-14(17)18)13-8-12(15)5-4-11(13)3/h4-5,8,10H,6-7,9H2,1-3H3,(H,17,18). The monoisotopic (exact) mass is 269 g/mol. The smallest absolute Gasteiger partial charge is 0.323 e. The molecule has 100 valence electrons.